The zero-order chi connectivity index (χ0) is 23.0. The van der Waals surface area contributed by atoms with Gasteiger partial charge >= 0.3 is 0 Å². The van der Waals surface area contributed by atoms with Gasteiger partial charge in [-0.05, 0) is 48.9 Å². The molecule has 0 aliphatic carbocycles. The van der Waals surface area contributed by atoms with Crippen molar-refractivity contribution >= 4 is 10.0 Å². The second kappa shape index (κ2) is 11.6. The molecule has 9 heteroatoms. The Labute approximate surface area is 190 Å². The number of hydrogen-bond donors (Lipinski definition) is 1. The highest BCUT2D eigenvalue weighted by Crippen LogP contribution is 2.21. The fourth-order valence-electron chi connectivity index (χ4n) is 3.56. The van der Waals surface area contributed by atoms with Crippen LogP contribution in [0.15, 0.2) is 53.4 Å². The molecule has 0 spiro atoms. The van der Waals surface area contributed by atoms with Crippen LogP contribution in [0.2, 0.25) is 0 Å². The summed E-state index contributed by atoms with van der Waals surface area (Å²) in [6, 6.07) is 14.1. The van der Waals surface area contributed by atoms with Gasteiger partial charge in [0, 0.05) is 32.7 Å². The van der Waals surface area contributed by atoms with Gasteiger partial charge in [-0.2, -0.15) is 4.31 Å². The highest BCUT2D eigenvalue weighted by molar-refractivity contribution is 7.89. The molecule has 0 bridgehead atoms. The van der Waals surface area contributed by atoms with Gasteiger partial charge in [-0.25, -0.2) is 8.42 Å². The molecule has 0 saturated carbocycles. The quantitative estimate of drug-likeness (QED) is 0.544. The maximum absolute atomic E-state index is 12.9. The number of hydrogen-bond acceptors (Lipinski definition) is 7. The van der Waals surface area contributed by atoms with Crippen LogP contribution in [0.3, 0.4) is 0 Å². The molecule has 1 aliphatic rings. The van der Waals surface area contributed by atoms with Gasteiger partial charge in [-0.15, -0.1) is 0 Å². The number of rotatable bonds is 11. The standard InChI is InChI=1S/C23H32N2O6S/c1-3-31-22-8-10-23(11-9-22)32(27,28)25-14-12-24(13-15-25)16-20(26)18-30-17-19-4-6-21(29-2)7-5-19/h4-11,20,26H,3,12-18H2,1-2H3/t20-/m0/s1. The molecular weight excluding hydrogens is 432 g/mol. The highest BCUT2D eigenvalue weighted by Gasteiger charge is 2.29. The molecule has 1 fully saturated rings. The van der Waals surface area contributed by atoms with Crippen molar-refractivity contribution in [3.05, 3.63) is 54.1 Å². The Bertz CT molecular complexity index is 926. The summed E-state index contributed by atoms with van der Waals surface area (Å²) in [4.78, 5) is 2.33. The van der Waals surface area contributed by atoms with E-state index in [1.54, 1.807) is 31.4 Å². The molecule has 1 N–H and O–H groups in total. The molecule has 1 atom stereocenters. The smallest absolute Gasteiger partial charge is 0.243 e. The first-order chi connectivity index (χ1) is 15.4. The van der Waals surface area contributed by atoms with Crippen LogP contribution < -0.4 is 9.47 Å². The number of ether oxygens (including phenoxy) is 3. The number of benzene rings is 2. The van der Waals surface area contributed by atoms with Gasteiger partial charge < -0.3 is 19.3 Å². The van der Waals surface area contributed by atoms with E-state index >= 15 is 0 Å². The van der Waals surface area contributed by atoms with E-state index in [4.69, 9.17) is 14.2 Å². The lowest BCUT2D eigenvalue weighted by atomic mass is 10.2. The number of aliphatic hydroxyl groups excluding tert-OH is 1. The van der Waals surface area contributed by atoms with Gasteiger partial charge in [-0.1, -0.05) is 12.1 Å². The molecule has 2 aromatic rings. The third kappa shape index (κ3) is 6.66. The van der Waals surface area contributed by atoms with Crippen molar-refractivity contribution in [3.8, 4) is 11.5 Å². The van der Waals surface area contributed by atoms with Crippen LogP contribution >= 0.6 is 0 Å². The Morgan fingerprint density at radius 2 is 1.59 bits per heavy atom. The van der Waals surface area contributed by atoms with Crippen LogP contribution in [0.4, 0.5) is 0 Å². The molecule has 0 radical (unpaired) electrons. The van der Waals surface area contributed by atoms with Gasteiger partial charge in [0.05, 0.1) is 37.9 Å². The monoisotopic (exact) mass is 464 g/mol. The van der Waals surface area contributed by atoms with Crippen LogP contribution in [0.5, 0.6) is 11.5 Å². The summed E-state index contributed by atoms with van der Waals surface area (Å²) in [6.45, 7) is 5.38. The van der Waals surface area contributed by atoms with E-state index in [1.165, 1.54) is 4.31 Å². The molecule has 0 aromatic heterocycles. The summed E-state index contributed by atoms with van der Waals surface area (Å²) in [7, 11) is -1.92. The van der Waals surface area contributed by atoms with Gasteiger partial charge in [0.1, 0.15) is 11.5 Å². The molecule has 3 rings (SSSR count). The lowest BCUT2D eigenvalue weighted by molar-refractivity contribution is 0.00538. The largest absolute Gasteiger partial charge is 0.497 e. The van der Waals surface area contributed by atoms with Crippen LogP contribution in [0.25, 0.3) is 0 Å². The van der Waals surface area contributed by atoms with E-state index in [-0.39, 0.29) is 11.5 Å². The molecule has 1 heterocycles. The second-order valence-electron chi connectivity index (χ2n) is 7.63. The highest BCUT2D eigenvalue weighted by atomic mass is 32.2. The summed E-state index contributed by atoms with van der Waals surface area (Å²) in [5.74, 6) is 1.44. The summed E-state index contributed by atoms with van der Waals surface area (Å²) < 4.78 is 43.4. The van der Waals surface area contributed by atoms with Crippen molar-refractivity contribution in [1.82, 2.24) is 9.21 Å². The molecule has 1 saturated heterocycles. The third-order valence-corrected chi connectivity index (χ3v) is 7.22. The molecule has 0 unspecified atom stereocenters. The predicted octanol–water partition coefficient (Wildman–Crippen LogP) is 1.98. The molecule has 8 nitrogen and oxygen atoms in total. The van der Waals surface area contributed by atoms with Gasteiger partial charge in [0.2, 0.25) is 10.0 Å². The first kappa shape index (κ1) is 24.5. The van der Waals surface area contributed by atoms with Crippen LogP contribution in [-0.2, 0) is 21.4 Å². The Balaban J connectivity index is 1.41. The Morgan fingerprint density at radius 3 is 2.19 bits per heavy atom. The van der Waals surface area contributed by atoms with E-state index in [1.807, 2.05) is 31.2 Å². The first-order valence-corrected chi connectivity index (χ1v) is 12.2. The minimum atomic E-state index is -3.54. The van der Waals surface area contributed by atoms with E-state index < -0.39 is 16.1 Å². The molecule has 1 aliphatic heterocycles. The van der Waals surface area contributed by atoms with Gasteiger partial charge in [0.25, 0.3) is 0 Å². The zero-order valence-electron chi connectivity index (χ0n) is 18.6. The topological polar surface area (TPSA) is 88.5 Å². The number of methoxy groups -OCH3 is 1. The van der Waals surface area contributed by atoms with Gasteiger partial charge in [-0.3, -0.25) is 4.90 Å². The zero-order valence-corrected chi connectivity index (χ0v) is 19.5. The fourth-order valence-corrected chi connectivity index (χ4v) is 4.98. The van der Waals surface area contributed by atoms with Crippen molar-refractivity contribution in [1.29, 1.82) is 0 Å². The first-order valence-electron chi connectivity index (χ1n) is 10.8. The molecule has 0 amide bonds. The van der Waals surface area contributed by atoms with E-state index in [0.717, 1.165) is 11.3 Å². The van der Waals surface area contributed by atoms with Crippen molar-refractivity contribution in [2.45, 2.75) is 24.5 Å². The third-order valence-electron chi connectivity index (χ3n) is 5.31. The SMILES string of the molecule is CCOc1ccc(S(=O)(=O)N2CCN(C[C@H](O)COCc3ccc(OC)cc3)CC2)cc1. The van der Waals surface area contributed by atoms with Crippen molar-refractivity contribution in [2.75, 3.05) is 53.0 Å². The van der Waals surface area contributed by atoms with Crippen LogP contribution in [-0.4, -0.2) is 81.9 Å². The Kier molecular flexibility index (Phi) is 8.89. The maximum atomic E-state index is 12.9. The van der Waals surface area contributed by atoms with Crippen molar-refractivity contribution in [2.24, 2.45) is 0 Å². The fraction of sp³-hybridized carbons (Fsp3) is 0.478. The maximum Gasteiger partial charge on any atom is 0.243 e. The van der Waals surface area contributed by atoms with Gasteiger partial charge in [0.15, 0.2) is 0 Å². The minimum absolute atomic E-state index is 0.219. The number of nitrogens with zero attached hydrogens (tertiary/aromatic N) is 2. The van der Waals surface area contributed by atoms with E-state index in [0.29, 0.717) is 51.7 Å². The Hall–Kier alpha value is -2.17. The number of piperazine rings is 1. The van der Waals surface area contributed by atoms with Crippen LogP contribution in [0, 0.1) is 0 Å². The number of sulfonamides is 1. The van der Waals surface area contributed by atoms with Crippen LogP contribution in [0.1, 0.15) is 12.5 Å². The molecular formula is C23H32N2O6S. The number of β-amino-alcohol motifs (C(OH)–C–C–N with tert-alkyl or cyclic N) is 1. The van der Waals surface area contributed by atoms with E-state index in [9.17, 15) is 13.5 Å². The average Bonchev–Trinajstić information content (AvgIpc) is 2.80. The molecule has 176 valence electrons. The minimum Gasteiger partial charge on any atom is -0.497 e. The summed E-state index contributed by atoms with van der Waals surface area (Å²) >= 11 is 0. The van der Waals surface area contributed by atoms with Crippen molar-refractivity contribution < 1.29 is 27.7 Å². The summed E-state index contributed by atoms with van der Waals surface area (Å²) in [5, 5.41) is 10.3. The molecule has 2 aromatic carbocycles. The molecule has 32 heavy (non-hydrogen) atoms. The lowest BCUT2D eigenvalue weighted by Gasteiger charge is -2.34. The summed E-state index contributed by atoms with van der Waals surface area (Å²) in [6.07, 6.45) is -0.637. The van der Waals surface area contributed by atoms with E-state index in [2.05, 4.69) is 4.90 Å². The average molecular weight is 465 g/mol. The second-order valence-corrected chi connectivity index (χ2v) is 9.56. The number of aliphatic hydroxyl groups is 1. The Morgan fingerprint density at radius 1 is 0.969 bits per heavy atom. The normalized spacial score (nSPS) is 16.6. The lowest BCUT2D eigenvalue weighted by Crippen LogP contribution is -2.50. The summed E-state index contributed by atoms with van der Waals surface area (Å²) in [5.41, 5.74) is 1.01. The van der Waals surface area contributed by atoms with Crippen molar-refractivity contribution in [3.63, 3.8) is 0 Å². The predicted molar refractivity (Wildman–Crippen MR) is 121 cm³/mol.